The van der Waals surface area contributed by atoms with E-state index < -0.39 is 10.1 Å². The molecule has 0 aliphatic carbocycles. The number of Topliss-reactive ketones (excluding diaryl/α,β-unsaturated/α-hetero) is 1. The Labute approximate surface area is 129 Å². The van der Waals surface area contributed by atoms with Gasteiger partial charge in [0.05, 0.1) is 4.90 Å². The zero-order chi connectivity index (χ0) is 15.7. The maximum atomic E-state index is 12.1. The molecule has 1 N–H and O–H groups in total. The van der Waals surface area contributed by atoms with Crippen LogP contribution in [-0.2, 0) is 14.9 Å². The van der Waals surface area contributed by atoms with Crippen LogP contribution < -0.4 is 4.90 Å². The number of fused-ring (bicyclic) bond motifs is 1. The molecule has 1 saturated heterocycles. The molecule has 3 rings (SSSR count). The molecule has 1 fully saturated rings. The molecule has 0 atom stereocenters. The Morgan fingerprint density at radius 3 is 2.68 bits per heavy atom. The van der Waals surface area contributed by atoms with Gasteiger partial charge in [-0.2, -0.15) is 8.42 Å². The van der Waals surface area contributed by atoms with Crippen molar-refractivity contribution in [2.24, 2.45) is 5.92 Å². The minimum Gasteiger partial charge on any atom is -0.381 e. The Hall–Kier alpha value is -1.44. The lowest BCUT2D eigenvalue weighted by molar-refractivity contribution is 0.0679. The summed E-state index contributed by atoms with van der Waals surface area (Å²) in [6.07, 6.45) is 2.37. The van der Waals surface area contributed by atoms with Gasteiger partial charge < -0.3 is 9.64 Å². The summed E-state index contributed by atoms with van der Waals surface area (Å²) in [6.45, 7) is 3.03. The van der Waals surface area contributed by atoms with Gasteiger partial charge in [-0.1, -0.05) is 0 Å². The van der Waals surface area contributed by atoms with Gasteiger partial charge in [-0.15, -0.1) is 0 Å². The monoisotopic (exact) mass is 325 g/mol. The summed E-state index contributed by atoms with van der Waals surface area (Å²) in [5, 5.41) is 0. The predicted octanol–water partition coefficient (Wildman–Crippen LogP) is 1.75. The fraction of sp³-hybridized carbons (Fsp3) is 0.533. The van der Waals surface area contributed by atoms with E-state index in [1.807, 2.05) is 0 Å². The van der Waals surface area contributed by atoms with Crippen LogP contribution in [0.25, 0.3) is 0 Å². The number of carbonyl (C=O) groups is 1. The molecule has 22 heavy (non-hydrogen) atoms. The highest BCUT2D eigenvalue weighted by Crippen LogP contribution is 2.31. The van der Waals surface area contributed by atoms with Crippen molar-refractivity contribution in [3.8, 4) is 0 Å². The Morgan fingerprint density at radius 2 is 2.00 bits per heavy atom. The van der Waals surface area contributed by atoms with E-state index in [1.54, 1.807) is 6.07 Å². The summed E-state index contributed by atoms with van der Waals surface area (Å²) in [4.78, 5) is 14.0. The molecule has 0 spiro atoms. The number of hydrogen-bond acceptors (Lipinski definition) is 5. The largest absolute Gasteiger partial charge is 0.381 e. The molecule has 0 saturated carbocycles. The highest BCUT2D eigenvalue weighted by atomic mass is 32.2. The van der Waals surface area contributed by atoms with E-state index in [2.05, 4.69) is 4.90 Å². The van der Waals surface area contributed by atoms with Crippen molar-refractivity contribution in [2.75, 3.05) is 31.2 Å². The van der Waals surface area contributed by atoms with E-state index in [1.165, 1.54) is 12.1 Å². The van der Waals surface area contributed by atoms with E-state index in [0.717, 1.165) is 38.3 Å². The Balaban J connectivity index is 1.88. The second kappa shape index (κ2) is 5.98. The number of hydrogen-bond donors (Lipinski definition) is 1. The highest BCUT2D eigenvalue weighted by molar-refractivity contribution is 7.85. The van der Waals surface area contributed by atoms with Gasteiger partial charge in [0.1, 0.15) is 0 Å². The first-order chi connectivity index (χ1) is 10.4. The van der Waals surface area contributed by atoms with E-state index in [-0.39, 0.29) is 10.7 Å². The van der Waals surface area contributed by atoms with Crippen LogP contribution in [0.5, 0.6) is 0 Å². The smallest absolute Gasteiger partial charge is 0.294 e. The molecule has 120 valence electrons. The van der Waals surface area contributed by atoms with Crippen molar-refractivity contribution in [2.45, 2.75) is 24.2 Å². The third-order valence-corrected chi connectivity index (χ3v) is 5.18. The van der Waals surface area contributed by atoms with E-state index in [4.69, 9.17) is 9.29 Å². The molecule has 6 nitrogen and oxygen atoms in total. The van der Waals surface area contributed by atoms with Crippen LogP contribution in [0.1, 0.15) is 29.6 Å². The molecule has 0 aromatic heterocycles. The standard InChI is InChI=1S/C15H19NO5S/c17-15-3-6-16(10-11-4-7-21-8-5-11)14-2-1-12(9-13(14)15)22(18,19)20/h1-2,9,11H,3-8,10H2,(H,18,19,20). The number of anilines is 1. The average molecular weight is 325 g/mol. The van der Waals surface area contributed by atoms with Gasteiger partial charge in [-0.25, -0.2) is 0 Å². The molecule has 2 aliphatic heterocycles. The van der Waals surface area contributed by atoms with E-state index in [0.29, 0.717) is 24.4 Å². The first-order valence-electron chi connectivity index (χ1n) is 7.42. The summed E-state index contributed by atoms with van der Waals surface area (Å²) in [5.74, 6) is 0.444. The predicted molar refractivity (Wildman–Crippen MR) is 81.0 cm³/mol. The quantitative estimate of drug-likeness (QED) is 0.853. The molecule has 1 aromatic rings. The van der Waals surface area contributed by atoms with Crippen molar-refractivity contribution in [3.05, 3.63) is 23.8 Å². The molecule has 2 heterocycles. The molecule has 0 unspecified atom stereocenters. The number of ether oxygens (including phenoxy) is 1. The maximum absolute atomic E-state index is 12.1. The zero-order valence-corrected chi connectivity index (χ0v) is 13.0. The number of rotatable bonds is 3. The fourth-order valence-electron chi connectivity index (χ4n) is 3.10. The first kappa shape index (κ1) is 15.5. The van der Waals surface area contributed by atoms with Crippen molar-refractivity contribution in [3.63, 3.8) is 0 Å². The Kier molecular flexibility index (Phi) is 4.20. The molecular formula is C15H19NO5S. The van der Waals surface area contributed by atoms with Gasteiger partial charge in [-0.3, -0.25) is 9.35 Å². The number of carbonyl (C=O) groups excluding carboxylic acids is 1. The molecule has 0 amide bonds. The minimum absolute atomic E-state index is 0.0799. The third-order valence-electron chi connectivity index (χ3n) is 4.34. The molecular weight excluding hydrogens is 306 g/mol. The first-order valence-corrected chi connectivity index (χ1v) is 8.86. The summed E-state index contributed by atoms with van der Waals surface area (Å²) < 4.78 is 37.0. The SMILES string of the molecule is O=C1CCN(CC2CCOCC2)c2ccc(S(=O)(=O)O)cc21. The van der Waals surface area contributed by atoms with Crippen LogP contribution in [-0.4, -0.2) is 45.1 Å². The lowest BCUT2D eigenvalue weighted by Crippen LogP contribution is -2.37. The summed E-state index contributed by atoms with van der Waals surface area (Å²) in [5.41, 5.74) is 1.14. The van der Waals surface area contributed by atoms with E-state index in [9.17, 15) is 13.2 Å². The second-order valence-electron chi connectivity index (χ2n) is 5.83. The summed E-state index contributed by atoms with van der Waals surface area (Å²) >= 11 is 0. The van der Waals surface area contributed by atoms with Crippen molar-refractivity contribution < 1.29 is 22.5 Å². The number of ketones is 1. The summed E-state index contributed by atoms with van der Waals surface area (Å²) in [6, 6.07) is 4.25. The van der Waals surface area contributed by atoms with Crippen LogP contribution >= 0.6 is 0 Å². The van der Waals surface area contributed by atoms with Gasteiger partial charge in [-0.05, 0) is 37.0 Å². The lowest BCUT2D eigenvalue weighted by atomic mass is 9.95. The van der Waals surface area contributed by atoms with Crippen LogP contribution in [0, 0.1) is 5.92 Å². The van der Waals surface area contributed by atoms with Gasteiger partial charge in [0, 0.05) is 44.0 Å². The van der Waals surface area contributed by atoms with Gasteiger partial charge in [0.25, 0.3) is 10.1 Å². The molecule has 7 heteroatoms. The maximum Gasteiger partial charge on any atom is 0.294 e. The second-order valence-corrected chi connectivity index (χ2v) is 7.25. The zero-order valence-electron chi connectivity index (χ0n) is 12.2. The normalized spacial score (nSPS) is 20.0. The molecule has 2 aliphatic rings. The molecule has 0 bridgehead atoms. The van der Waals surface area contributed by atoms with Crippen LogP contribution in [0.15, 0.2) is 23.1 Å². The third kappa shape index (κ3) is 3.16. The van der Waals surface area contributed by atoms with Gasteiger partial charge in [0.2, 0.25) is 0 Å². The minimum atomic E-state index is -4.29. The Morgan fingerprint density at radius 1 is 1.27 bits per heavy atom. The van der Waals surface area contributed by atoms with Crippen LogP contribution in [0.3, 0.4) is 0 Å². The van der Waals surface area contributed by atoms with Crippen LogP contribution in [0.4, 0.5) is 5.69 Å². The van der Waals surface area contributed by atoms with Crippen LogP contribution in [0.2, 0.25) is 0 Å². The van der Waals surface area contributed by atoms with Crippen molar-refractivity contribution >= 4 is 21.6 Å². The summed E-state index contributed by atoms with van der Waals surface area (Å²) in [7, 11) is -4.29. The van der Waals surface area contributed by atoms with Gasteiger partial charge >= 0.3 is 0 Å². The van der Waals surface area contributed by atoms with E-state index >= 15 is 0 Å². The number of benzene rings is 1. The number of nitrogens with zero attached hydrogens (tertiary/aromatic N) is 1. The average Bonchev–Trinajstić information content (AvgIpc) is 2.50. The van der Waals surface area contributed by atoms with Gasteiger partial charge in [0.15, 0.2) is 5.78 Å². The Bertz CT molecular complexity index is 679. The molecule has 0 radical (unpaired) electrons. The molecule has 1 aromatic carbocycles. The lowest BCUT2D eigenvalue weighted by Gasteiger charge is -2.35. The fourth-order valence-corrected chi connectivity index (χ4v) is 3.60. The topological polar surface area (TPSA) is 83.9 Å². The van der Waals surface area contributed by atoms with Crippen molar-refractivity contribution in [1.29, 1.82) is 0 Å². The van der Waals surface area contributed by atoms with Crippen molar-refractivity contribution in [1.82, 2.24) is 0 Å². The highest BCUT2D eigenvalue weighted by Gasteiger charge is 2.27.